The van der Waals surface area contributed by atoms with Gasteiger partial charge in [-0.1, -0.05) is 5.16 Å². The Kier molecular flexibility index (Phi) is 3.33. The highest BCUT2D eigenvalue weighted by atomic mass is 16.5. The molecule has 0 atom stereocenters. The van der Waals surface area contributed by atoms with Gasteiger partial charge in [-0.2, -0.15) is 0 Å². The first kappa shape index (κ1) is 11.8. The van der Waals surface area contributed by atoms with Crippen molar-refractivity contribution in [1.29, 1.82) is 0 Å². The largest absolute Gasteiger partial charge is 0.435 e. The van der Waals surface area contributed by atoms with Crippen LogP contribution in [-0.2, 0) is 0 Å². The second kappa shape index (κ2) is 5.09. The Morgan fingerprint density at radius 2 is 2.06 bits per heavy atom. The number of amidine groups is 1. The molecule has 0 aliphatic heterocycles. The van der Waals surface area contributed by atoms with Gasteiger partial charge in [0.15, 0.2) is 11.5 Å². The molecule has 7 heteroatoms. The molecule has 0 aliphatic carbocycles. The van der Waals surface area contributed by atoms with E-state index in [0.29, 0.717) is 5.75 Å². The fourth-order valence-electron chi connectivity index (χ4n) is 1.25. The van der Waals surface area contributed by atoms with Gasteiger partial charge in [-0.3, -0.25) is 4.98 Å². The molecule has 92 valence electrons. The first-order valence-corrected chi connectivity index (χ1v) is 5.10. The van der Waals surface area contributed by atoms with Crippen molar-refractivity contribution < 1.29 is 9.94 Å². The van der Waals surface area contributed by atoms with Gasteiger partial charge in [-0.25, -0.2) is 9.97 Å². The van der Waals surface area contributed by atoms with E-state index in [2.05, 4.69) is 20.1 Å². The molecular formula is C11H11N5O2. The predicted octanol–water partition coefficient (Wildman–Crippen LogP) is 1.07. The zero-order chi connectivity index (χ0) is 13.0. The summed E-state index contributed by atoms with van der Waals surface area (Å²) in [6, 6.07) is 3.54. The highest BCUT2D eigenvalue weighted by molar-refractivity contribution is 5.97. The summed E-state index contributed by atoms with van der Waals surface area (Å²) in [5.41, 5.74) is 6.52. The minimum Gasteiger partial charge on any atom is -0.435 e. The average molecular weight is 245 g/mol. The maximum Gasteiger partial charge on any atom is 0.249 e. The topological polar surface area (TPSA) is 107 Å². The van der Waals surface area contributed by atoms with Crippen LogP contribution in [0.3, 0.4) is 0 Å². The maximum atomic E-state index is 8.64. The van der Waals surface area contributed by atoms with E-state index in [-0.39, 0.29) is 17.4 Å². The minimum atomic E-state index is -0.168. The number of oxime groups is 1. The molecule has 18 heavy (non-hydrogen) atoms. The van der Waals surface area contributed by atoms with E-state index in [1.165, 1.54) is 12.4 Å². The van der Waals surface area contributed by atoms with E-state index in [1.54, 1.807) is 18.3 Å². The average Bonchev–Trinajstić information content (AvgIpc) is 2.41. The number of rotatable bonds is 3. The van der Waals surface area contributed by atoms with Gasteiger partial charge in [0.25, 0.3) is 0 Å². The summed E-state index contributed by atoms with van der Waals surface area (Å²) in [6.45, 7) is 1.87. The lowest BCUT2D eigenvalue weighted by atomic mass is 10.3. The number of aryl methyl sites for hydroxylation is 1. The Labute approximate surface area is 103 Å². The molecular weight excluding hydrogens is 234 g/mol. The molecule has 0 aromatic carbocycles. The summed E-state index contributed by atoms with van der Waals surface area (Å²) in [6.07, 6.45) is 4.43. The molecule has 0 amide bonds. The number of pyridine rings is 1. The number of aromatic nitrogens is 3. The molecule has 2 rings (SSSR count). The molecule has 2 aromatic heterocycles. The van der Waals surface area contributed by atoms with Crippen LogP contribution in [0.4, 0.5) is 0 Å². The molecule has 0 bridgehead atoms. The van der Waals surface area contributed by atoms with Gasteiger partial charge < -0.3 is 15.7 Å². The molecule has 0 aliphatic rings. The van der Waals surface area contributed by atoms with Crippen LogP contribution in [0, 0.1) is 6.92 Å². The van der Waals surface area contributed by atoms with Crippen LogP contribution in [0.15, 0.2) is 35.9 Å². The highest BCUT2D eigenvalue weighted by Crippen LogP contribution is 2.20. The van der Waals surface area contributed by atoms with Crippen molar-refractivity contribution in [2.24, 2.45) is 10.9 Å². The molecule has 3 N–H and O–H groups in total. The van der Waals surface area contributed by atoms with Gasteiger partial charge >= 0.3 is 0 Å². The van der Waals surface area contributed by atoms with Crippen LogP contribution in [0.1, 0.15) is 11.4 Å². The van der Waals surface area contributed by atoms with Gasteiger partial charge in [0, 0.05) is 18.1 Å². The van der Waals surface area contributed by atoms with Crippen molar-refractivity contribution in [2.75, 3.05) is 0 Å². The number of hydrogen-bond donors (Lipinski definition) is 2. The number of nitrogens with zero attached hydrogens (tertiary/aromatic N) is 4. The monoisotopic (exact) mass is 245 g/mol. The zero-order valence-electron chi connectivity index (χ0n) is 9.61. The fraction of sp³-hybridized carbons (Fsp3) is 0.0909. The summed E-state index contributed by atoms with van der Waals surface area (Å²) in [5.74, 6) is 0.477. The number of nitrogens with two attached hydrogens (primary N) is 1. The van der Waals surface area contributed by atoms with Crippen molar-refractivity contribution in [3.05, 3.63) is 42.1 Å². The van der Waals surface area contributed by atoms with Crippen molar-refractivity contribution in [3.8, 4) is 11.6 Å². The predicted molar refractivity (Wildman–Crippen MR) is 63.6 cm³/mol. The zero-order valence-corrected chi connectivity index (χ0v) is 9.61. The van der Waals surface area contributed by atoms with Gasteiger partial charge in [0.2, 0.25) is 5.88 Å². The quantitative estimate of drug-likeness (QED) is 0.362. The lowest BCUT2D eigenvalue weighted by Gasteiger charge is -2.07. The third-order valence-electron chi connectivity index (χ3n) is 2.11. The van der Waals surface area contributed by atoms with Crippen molar-refractivity contribution in [1.82, 2.24) is 15.0 Å². The summed E-state index contributed by atoms with van der Waals surface area (Å²) >= 11 is 0. The van der Waals surface area contributed by atoms with E-state index >= 15 is 0 Å². The Hall–Kier alpha value is -2.70. The van der Waals surface area contributed by atoms with Crippen LogP contribution in [-0.4, -0.2) is 26.0 Å². The molecule has 2 heterocycles. The van der Waals surface area contributed by atoms with E-state index in [0.717, 1.165) is 5.69 Å². The first-order chi connectivity index (χ1) is 8.70. The van der Waals surface area contributed by atoms with Crippen LogP contribution in [0.2, 0.25) is 0 Å². The molecule has 7 nitrogen and oxygen atoms in total. The lowest BCUT2D eigenvalue weighted by molar-refractivity contribution is 0.318. The fourth-order valence-corrected chi connectivity index (χ4v) is 1.25. The summed E-state index contributed by atoms with van der Waals surface area (Å²) in [4.78, 5) is 12.0. The maximum absolute atomic E-state index is 8.64. The van der Waals surface area contributed by atoms with Crippen LogP contribution in [0.5, 0.6) is 11.6 Å². The molecule has 0 fully saturated rings. The Balaban J connectivity index is 2.32. The smallest absolute Gasteiger partial charge is 0.249 e. The van der Waals surface area contributed by atoms with Gasteiger partial charge in [-0.05, 0) is 19.1 Å². The first-order valence-electron chi connectivity index (χ1n) is 5.10. The molecule has 0 saturated heterocycles. The highest BCUT2D eigenvalue weighted by Gasteiger charge is 2.12. The van der Waals surface area contributed by atoms with E-state index < -0.39 is 0 Å². The Morgan fingerprint density at radius 1 is 1.28 bits per heavy atom. The third-order valence-corrected chi connectivity index (χ3v) is 2.11. The lowest BCUT2D eigenvalue weighted by Crippen LogP contribution is -2.16. The van der Waals surface area contributed by atoms with Crippen LogP contribution < -0.4 is 10.5 Å². The second-order valence-electron chi connectivity index (χ2n) is 3.43. The summed E-state index contributed by atoms with van der Waals surface area (Å²) < 4.78 is 5.48. The van der Waals surface area contributed by atoms with Crippen molar-refractivity contribution in [2.45, 2.75) is 6.92 Å². The standard InChI is InChI=1S/C11H11N5O2/c1-7-2-3-8(6-15-7)18-11-9(10(12)16-17)13-4-5-14-11/h2-6,17H,1H3,(H2,12,16). The molecule has 2 aromatic rings. The van der Waals surface area contributed by atoms with E-state index in [4.69, 9.17) is 15.7 Å². The molecule has 0 radical (unpaired) electrons. The summed E-state index contributed by atoms with van der Waals surface area (Å²) in [7, 11) is 0. The SMILES string of the molecule is Cc1ccc(Oc2nccnc2/C(N)=N/O)cn1. The number of ether oxygens (including phenoxy) is 1. The summed E-state index contributed by atoms with van der Waals surface area (Å²) in [5, 5.41) is 11.5. The normalized spacial score (nSPS) is 11.3. The van der Waals surface area contributed by atoms with E-state index in [9.17, 15) is 0 Å². The third kappa shape index (κ3) is 2.51. The Bertz CT molecular complexity index is 568. The second-order valence-corrected chi connectivity index (χ2v) is 3.43. The number of hydrogen-bond acceptors (Lipinski definition) is 6. The van der Waals surface area contributed by atoms with Gasteiger partial charge in [0.1, 0.15) is 5.75 Å². The molecule has 0 unspecified atom stereocenters. The molecule has 0 saturated carbocycles. The van der Waals surface area contributed by atoms with Gasteiger partial charge in [0.05, 0.1) is 6.20 Å². The van der Waals surface area contributed by atoms with Crippen LogP contribution >= 0.6 is 0 Å². The minimum absolute atomic E-state index is 0.151. The van der Waals surface area contributed by atoms with Gasteiger partial charge in [-0.15, -0.1) is 0 Å². The van der Waals surface area contributed by atoms with Crippen LogP contribution in [0.25, 0.3) is 0 Å². The Morgan fingerprint density at radius 3 is 2.72 bits per heavy atom. The van der Waals surface area contributed by atoms with E-state index in [1.807, 2.05) is 6.92 Å². The van der Waals surface area contributed by atoms with Crippen molar-refractivity contribution in [3.63, 3.8) is 0 Å². The molecule has 0 spiro atoms. The van der Waals surface area contributed by atoms with Crippen molar-refractivity contribution >= 4 is 5.84 Å².